The summed E-state index contributed by atoms with van der Waals surface area (Å²) >= 11 is 0. The summed E-state index contributed by atoms with van der Waals surface area (Å²) in [5.41, 5.74) is 1.32. The minimum atomic E-state index is -4.46. The normalized spacial score (nSPS) is 17.5. The number of aromatic amines is 1. The number of imidazole rings is 2. The molecule has 0 unspecified atom stereocenters. The average molecular weight is 623 g/mol. The zero-order chi connectivity index (χ0) is 31.6. The number of hydrogen-bond donors (Lipinski definition) is 3. The molecule has 0 saturated heterocycles. The molecule has 1 aliphatic carbocycles. The number of fused-ring (bicyclic) bond motifs is 1. The van der Waals surface area contributed by atoms with Crippen molar-refractivity contribution in [2.75, 3.05) is 0 Å². The van der Waals surface area contributed by atoms with Crippen LogP contribution in [0, 0.1) is 5.92 Å². The highest BCUT2D eigenvalue weighted by atomic mass is 19.4. The van der Waals surface area contributed by atoms with Crippen LogP contribution in [0.4, 0.5) is 35.1 Å². The van der Waals surface area contributed by atoms with Crippen molar-refractivity contribution >= 4 is 22.8 Å². The fraction of sp³-hybridized carbons (Fsp3) is 0.556. The molecular weight excluding hydrogens is 592 g/mol. The Bertz CT molecular complexity index is 1420. The summed E-state index contributed by atoms with van der Waals surface area (Å²) in [5, 5.41) is 5.27. The minimum Gasteiger partial charge on any atom is -0.350 e. The van der Waals surface area contributed by atoms with Crippen LogP contribution in [-0.2, 0) is 11.3 Å². The molecule has 2 aromatic heterocycles. The molecular formula is C27H30F8N6O2. The van der Waals surface area contributed by atoms with E-state index in [1.165, 1.54) is 6.20 Å². The summed E-state index contributed by atoms with van der Waals surface area (Å²) < 4.78 is 104. The second-order valence-electron chi connectivity index (χ2n) is 10.8. The third-order valence-electron chi connectivity index (χ3n) is 7.37. The number of hydrogen-bond acceptors (Lipinski definition) is 4. The Morgan fingerprint density at radius 1 is 1.07 bits per heavy atom. The predicted octanol–water partition coefficient (Wildman–Crippen LogP) is 6.53. The van der Waals surface area contributed by atoms with E-state index in [9.17, 15) is 44.7 Å². The number of rotatable bonds is 10. The van der Waals surface area contributed by atoms with Crippen LogP contribution in [0.2, 0.25) is 0 Å². The zero-order valence-electron chi connectivity index (χ0n) is 23.0. The van der Waals surface area contributed by atoms with Crippen molar-refractivity contribution in [2.24, 2.45) is 5.92 Å². The van der Waals surface area contributed by atoms with Gasteiger partial charge in [0.05, 0.1) is 42.3 Å². The van der Waals surface area contributed by atoms with Crippen molar-refractivity contribution in [1.82, 2.24) is 30.2 Å². The van der Waals surface area contributed by atoms with E-state index >= 15 is 0 Å². The number of amides is 2. The fourth-order valence-corrected chi connectivity index (χ4v) is 4.99. The first-order chi connectivity index (χ1) is 20.0. The average Bonchev–Trinajstić information content (AvgIpc) is 3.55. The number of aromatic nitrogens is 4. The Kier molecular flexibility index (Phi) is 9.35. The summed E-state index contributed by atoms with van der Waals surface area (Å²) in [6.45, 7) is 1.16. The van der Waals surface area contributed by atoms with E-state index in [4.69, 9.17) is 0 Å². The molecule has 236 valence electrons. The van der Waals surface area contributed by atoms with E-state index in [1.807, 2.05) is 0 Å². The van der Waals surface area contributed by atoms with Gasteiger partial charge >= 0.3 is 12.4 Å². The lowest BCUT2D eigenvalue weighted by atomic mass is 9.81. The number of halogens is 8. The number of nitrogens with one attached hydrogen (secondary N) is 3. The number of H-pyrrole nitrogens is 1. The summed E-state index contributed by atoms with van der Waals surface area (Å²) in [6.07, 6.45) is -10.3. The molecule has 1 aromatic carbocycles. The van der Waals surface area contributed by atoms with Crippen LogP contribution < -0.4 is 10.6 Å². The zero-order valence-corrected chi connectivity index (χ0v) is 23.0. The van der Waals surface area contributed by atoms with Gasteiger partial charge in [0.15, 0.2) is 0 Å². The highest BCUT2D eigenvalue weighted by molar-refractivity contribution is 5.92. The van der Waals surface area contributed by atoms with E-state index in [0.29, 0.717) is 16.6 Å². The maximum Gasteiger partial charge on any atom is 0.390 e. The topological polar surface area (TPSA) is 105 Å². The Morgan fingerprint density at radius 2 is 1.74 bits per heavy atom. The van der Waals surface area contributed by atoms with Gasteiger partial charge in [0.2, 0.25) is 11.8 Å². The molecule has 16 heteroatoms. The maximum absolute atomic E-state index is 13.9. The molecule has 3 aromatic rings. The fourth-order valence-electron chi connectivity index (χ4n) is 4.99. The summed E-state index contributed by atoms with van der Waals surface area (Å²) in [7, 11) is 0. The minimum absolute atomic E-state index is 0.0707. The molecule has 43 heavy (non-hydrogen) atoms. The number of aryl methyl sites for hydroxylation is 1. The SMILES string of the molecule is C[C@@H](NC(=O)CCC(F)(F)F)c1ccc2[nH]c([C@@H](NC(=O)c3cn(CCC(F)(F)F)cn3)C3CCC(F)(F)CC3)nc2c1. The van der Waals surface area contributed by atoms with Gasteiger partial charge in [0.25, 0.3) is 5.91 Å². The number of alkyl halides is 8. The molecule has 1 fully saturated rings. The van der Waals surface area contributed by atoms with E-state index < -0.39 is 86.7 Å². The van der Waals surface area contributed by atoms with Crippen molar-refractivity contribution < 1.29 is 44.7 Å². The van der Waals surface area contributed by atoms with E-state index in [2.05, 4.69) is 25.6 Å². The van der Waals surface area contributed by atoms with Gasteiger partial charge in [0, 0.05) is 32.0 Å². The largest absolute Gasteiger partial charge is 0.390 e. The Hall–Kier alpha value is -3.72. The number of nitrogens with zero attached hydrogens (tertiary/aromatic N) is 3. The molecule has 0 bridgehead atoms. The van der Waals surface area contributed by atoms with Gasteiger partial charge in [-0.3, -0.25) is 9.59 Å². The standard InChI is InChI=1S/C27H30F8N6O2/c1-15(37-21(42)6-9-26(30,31)32)17-2-3-18-19(12-17)39-23(38-18)22(16-4-7-25(28,29)8-5-16)40-24(43)20-13-41(14-36-20)11-10-27(33,34)35/h2-3,12-16,22H,4-11H2,1H3,(H,37,42)(H,38,39)(H,40,43)/t15-,22+/m1/s1. The lowest BCUT2D eigenvalue weighted by molar-refractivity contribution is -0.144. The lowest BCUT2D eigenvalue weighted by Gasteiger charge is -2.33. The van der Waals surface area contributed by atoms with Gasteiger partial charge in [-0.2, -0.15) is 26.3 Å². The van der Waals surface area contributed by atoms with Gasteiger partial charge < -0.3 is 20.2 Å². The molecule has 2 atom stereocenters. The van der Waals surface area contributed by atoms with E-state index in [-0.39, 0.29) is 24.4 Å². The van der Waals surface area contributed by atoms with Gasteiger partial charge in [-0.25, -0.2) is 18.7 Å². The van der Waals surface area contributed by atoms with Crippen molar-refractivity contribution in [1.29, 1.82) is 0 Å². The van der Waals surface area contributed by atoms with Gasteiger partial charge in [-0.05, 0) is 43.4 Å². The highest BCUT2D eigenvalue weighted by Crippen LogP contribution is 2.41. The molecule has 2 amide bonds. The summed E-state index contributed by atoms with van der Waals surface area (Å²) in [4.78, 5) is 36.6. The van der Waals surface area contributed by atoms with Gasteiger partial charge in [-0.1, -0.05) is 6.07 Å². The summed E-state index contributed by atoms with van der Waals surface area (Å²) in [5.74, 6) is -4.52. The Balaban J connectivity index is 1.53. The number of benzene rings is 1. The van der Waals surface area contributed by atoms with Crippen molar-refractivity contribution in [3.05, 3.63) is 47.8 Å². The van der Waals surface area contributed by atoms with Crippen molar-refractivity contribution in [2.45, 2.75) is 88.8 Å². The molecule has 8 nitrogen and oxygen atoms in total. The summed E-state index contributed by atoms with van der Waals surface area (Å²) in [6, 6.07) is 3.38. The first kappa shape index (κ1) is 32.2. The number of carbonyl (C=O) groups excluding carboxylic acids is 2. The molecule has 0 spiro atoms. The van der Waals surface area contributed by atoms with Gasteiger partial charge in [0.1, 0.15) is 11.5 Å². The Morgan fingerprint density at radius 3 is 2.40 bits per heavy atom. The lowest BCUT2D eigenvalue weighted by Crippen LogP contribution is -2.37. The van der Waals surface area contributed by atoms with Crippen LogP contribution in [0.5, 0.6) is 0 Å². The van der Waals surface area contributed by atoms with Crippen LogP contribution in [0.25, 0.3) is 11.0 Å². The van der Waals surface area contributed by atoms with E-state index in [0.717, 1.165) is 10.9 Å². The molecule has 4 rings (SSSR count). The molecule has 1 aliphatic rings. The maximum atomic E-state index is 13.9. The molecule has 0 radical (unpaired) electrons. The van der Waals surface area contributed by atoms with Crippen LogP contribution in [0.3, 0.4) is 0 Å². The van der Waals surface area contributed by atoms with Crippen LogP contribution in [0.15, 0.2) is 30.7 Å². The second-order valence-corrected chi connectivity index (χ2v) is 10.8. The monoisotopic (exact) mass is 622 g/mol. The number of carbonyl (C=O) groups is 2. The third kappa shape index (κ3) is 9.13. The smallest absolute Gasteiger partial charge is 0.350 e. The van der Waals surface area contributed by atoms with E-state index in [1.54, 1.807) is 25.1 Å². The molecule has 1 saturated carbocycles. The van der Waals surface area contributed by atoms with Crippen LogP contribution in [-0.4, -0.2) is 49.6 Å². The third-order valence-corrected chi connectivity index (χ3v) is 7.37. The highest BCUT2D eigenvalue weighted by Gasteiger charge is 2.40. The predicted molar refractivity (Wildman–Crippen MR) is 138 cm³/mol. The van der Waals surface area contributed by atoms with Gasteiger partial charge in [-0.15, -0.1) is 0 Å². The first-order valence-corrected chi connectivity index (χ1v) is 13.6. The molecule has 0 aliphatic heterocycles. The second kappa shape index (κ2) is 12.5. The Labute approximate surface area is 240 Å². The van der Waals surface area contributed by atoms with Crippen molar-refractivity contribution in [3.63, 3.8) is 0 Å². The first-order valence-electron chi connectivity index (χ1n) is 13.6. The molecule has 3 N–H and O–H groups in total. The van der Waals surface area contributed by atoms with Crippen LogP contribution >= 0.6 is 0 Å². The molecule has 2 heterocycles. The quantitative estimate of drug-likeness (QED) is 0.224. The van der Waals surface area contributed by atoms with Crippen LogP contribution in [0.1, 0.15) is 85.8 Å². The van der Waals surface area contributed by atoms with Crippen molar-refractivity contribution in [3.8, 4) is 0 Å².